The Bertz CT molecular complexity index is 726. The van der Waals surface area contributed by atoms with Gasteiger partial charge in [-0.25, -0.2) is 4.79 Å². The molecule has 0 radical (unpaired) electrons. The number of hydrogen-bond donors (Lipinski definition) is 5. The second kappa shape index (κ2) is 8.34. The van der Waals surface area contributed by atoms with E-state index in [-0.39, 0.29) is 41.2 Å². The Hall–Kier alpha value is -2.68. The van der Waals surface area contributed by atoms with Gasteiger partial charge in [-0.15, -0.1) is 0 Å². The van der Waals surface area contributed by atoms with Gasteiger partial charge in [-0.2, -0.15) is 0 Å². The van der Waals surface area contributed by atoms with E-state index in [1.54, 1.807) is 13.8 Å². The first kappa shape index (κ1) is 20.6. The molecule has 0 saturated heterocycles. The topological polar surface area (TPSA) is 160 Å². The summed E-state index contributed by atoms with van der Waals surface area (Å²) in [5.41, 5.74) is 10.7. The van der Waals surface area contributed by atoms with Crippen LogP contribution in [0, 0.1) is 5.92 Å². The number of carbonyl (C=O) groups is 3. The van der Waals surface area contributed by atoms with Gasteiger partial charge in [0.1, 0.15) is 5.56 Å². The van der Waals surface area contributed by atoms with Crippen molar-refractivity contribution in [1.82, 2.24) is 10.3 Å². The molecule has 0 spiro atoms. The number of rotatable bonds is 6. The van der Waals surface area contributed by atoms with Gasteiger partial charge < -0.3 is 27.2 Å². The number of nitrogens with two attached hydrogens (primary N) is 2. The fourth-order valence-electron chi connectivity index (χ4n) is 3.20. The van der Waals surface area contributed by atoms with Gasteiger partial charge in [-0.1, -0.05) is 0 Å². The molecule has 1 aliphatic rings. The maximum atomic E-state index is 12.5. The molecule has 148 valence electrons. The lowest BCUT2D eigenvalue weighted by atomic mass is 9.85. The number of pyridine rings is 1. The molecular formula is C18H27N5O4. The Labute approximate surface area is 157 Å². The average molecular weight is 377 g/mol. The Kier molecular flexibility index (Phi) is 6.37. The largest absolute Gasteiger partial charge is 0.478 e. The van der Waals surface area contributed by atoms with E-state index in [2.05, 4.69) is 15.6 Å². The van der Waals surface area contributed by atoms with Crippen LogP contribution in [-0.2, 0) is 9.59 Å². The van der Waals surface area contributed by atoms with E-state index in [1.165, 1.54) is 6.20 Å². The van der Waals surface area contributed by atoms with Gasteiger partial charge in [0.2, 0.25) is 11.8 Å². The third kappa shape index (κ3) is 5.65. The molecule has 1 aromatic rings. The van der Waals surface area contributed by atoms with E-state index >= 15 is 0 Å². The summed E-state index contributed by atoms with van der Waals surface area (Å²) in [6.07, 6.45) is 5.56. The SMILES string of the molecule is CC(C)(CC(=O)Nc1cncc(C(=O)O)c1N)NC(=O)C1CCC(N)CC1. The molecule has 2 amide bonds. The molecule has 0 aliphatic heterocycles. The summed E-state index contributed by atoms with van der Waals surface area (Å²) in [6.45, 7) is 3.52. The van der Waals surface area contributed by atoms with Gasteiger partial charge in [0, 0.05) is 30.1 Å². The van der Waals surface area contributed by atoms with Gasteiger partial charge in [0.25, 0.3) is 0 Å². The van der Waals surface area contributed by atoms with Crippen LogP contribution in [0.3, 0.4) is 0 Å². The predicted octanol–water partition coefficient (Wildman–Crippen LogP) is 1.10. The van der Waals surface area contributed by atoms with E-state index in [9.17, 15) is 14.4 Å². The minimum Gasteiger partial charge on any atom is -0.478 e. The first-order valence-corrected chi connectivity index (χ1v) is 8.93. The maximum Gasteiger partial charge on any atom is 0.339 e. The van der Waals surface area contributed by atoms with Crippen LogP contribution in [0.15, 0.2) is 12.4 Å². The van der Waals surface area contributed by atoms with Crippen molar-refractivity contribution in [3.63, 3.8) is 0 Å². The summed E-state index contributed by atoms with van der Waals surface area (Å²) in [5, 5.41) is 14.5. The molecule has 9 heteroatoms. The summed E-state index contributed by atoms with van der Waals surface area (Å²) in [5.74, 6) is -1.79. The second-order valence-electron chi connectivity index (χ2n) is 7.66. The summed E-state index contributed by atoms with van der Waals surface area (Å²) >= 11 is 0. The van der Waals surface area contributed by atoms with Gasteiger partial charge in [-0.3, -0.25) is 14.6 Å². The molecule has 9 nitrogen and oxygen atoms in total. The third-order valence-corrected chi connectivity index (χ3v) is 4.70. The number of nitrogen functional groups attached to an aromatic ring is 1. The number of nitrogens with zero attached hydrogens (tertiary/aromatic N) is 1. The molecule has 0 aromatic carbocycles. The van der Waals surface area contributed by atoms with Crippen LogP contribution in [0.2, 0.25) is 0 Å². The number of aromatic carboxylic acids is 1. The predicted molar refractivity (Wildman–Crippen MR) is 101 cm³/mol. The molecule has 0 bridgehead atoms. The number of carbonyl (C=O) groups excluding carboxylic acids is 2. The third-order valence-electron chi connectivity index (χ3n) is 4.70. The van der Waals surface area contributed by atoms with Crippen LogP contribution < -0.4 is 22.1 Å². The van der Waals surface area contributed by atoms with E-state index in [4.69, 9.17) is 16.6 Å². The Morgan fingerprint density at radius 2 is 1.85 bits per heavy atom. The van der Waals surface area contributed by atoms with Crippen LogP contribution >= 0.6 is 0 Å². The number of aromatic nitrogens is 1. The molecule has 0 unspecified atom stereocenters. The van der Waals surface area contributed by atoms with E-state index in [0.29, 0.717) is 0 Å². The molecule has 7 N–H and O–H groups in total. The van der Waals surface area contributed by atoms with E-state index in [1.807, 2.05) is 0 Å². The highest BCUT2D eigenvalue weighted by Crippen LogP contribution is 2.25. The monoisotopic (exact) mass is 377 g/mol. The van der Waals surface area contributed by atoms with Crippen LogP contribution in [0.4, 0.5) is 11.4 Å². The number of nitrogens with one attached hydrogen (secondary N) is 2. The summed E-state index contributed by atoms with van der Waals surface area (Å²) in [7, 11) is 0. The molecule has 2 rings (SSSR count). The zero-order valence-electron chi connectivity index (χ0n) is 15.6. The number of carboxylic acid groups (broad SMARTS) is 1. The molecule has 0 atom stereocenters. The minimum absolute atomic E-state index is 0.00170. The van der Waals surface area contributed by atoms with Crippen molar-refractivity contribution >= 4 is 29.2 Å². The van der Waals surface area contributed by atoms with Gasteiger partial charge >= 0.3 is 5.97 Å². The highest BCUT2D eigenvalue weighted by atomic mass is 16.4. The van der Waals surface area contributed by atoms with Crippen molar-refractivity contribution in [2.75, 3.05) is 11.1 Å². The standard InChI is InChI=1S/C18H27N5O4/c1-18(2,23-16(25)10-3-5-11(19)6-4-10)7-14(24)22-13-9-21-8-12(15(13)20)17(26)27/h8-11H,3-7,19H2,1-2H3,(H2,20,21)(H,22,24)(H,23,25)(H,26,27). The molecule has 1 heterocycles. The first-order valence-electron chi connectivity index (χ1n) is 8.93. The number of hydrogen-bond acceptors (Lipinski definition) is 6. The van der Waals surface area contributed by atoms with E-state index in [0.717, 1.165) is 31.9 Å². The van der Waals surface area contributed by atoms with Crippen molar-refractivity contribution < 1.29 is 19.5 Å². The molecule has 1 aromatic heterocycles. The van der Waals surface area contributed by atoms with Crippen molar-refractivity contribution in [3.8, 4) is 0 Å². The average Bonchev–Trinajstić information content (AvgIpc) is 2.56. The summed E-state index contributed by atoms with van der Waals surface area (Å²) in [4.78, 5) is 39.7. The smallest absolute Gasteiger partial charge is 0.339 e. The zero-order chi connectivity index (χ0) is 20.2. The van der Waals surface area contributed by atoms with Crippen LogP contribution in [0.25, 0.3) is 0 Å². The molecule has 1 fully saturated rings. The van der Waals surface area contributed by atoms with E-state index < -0.39 is 17.4 Å². The Balaban J connectivity index is 1.95. The lowest BCUT2D eigenvalue weighted by Gasteiger charge is -2.31. The number of carboxylic acids is 1. The van der Waals surface area contributed by atoms with Crippen LogP contribution in [-0.4, -0.2) is 39.5 Å². The van der Waals surface area contributed by atoms with Crippen molar-refractivity contribution in [1.29, 1.82) is 0 Å². The summed E-state index contributed by atoms with van der Waals surface area (Å²) in [6, 6.07) is 0.161. The fraction of sp³-hybridized carbons (Fsp3) is 0.556. The quantitative estimate of drug-likeness (QED) is 0.496. The lowest BCUT2D eigenvalue weighted by molar-refractivity contribution is -0.128. The summed E-state index contributed by atoms with van der Waals surface area (Å²) < 4.78 is 0. The first-order chi connectivity index (χ1) is 12.6. The van der Waals surface area contributed by atoms with Crippen molar-refractivity contribution in [2.45, 2.75) is 57.5 Å². The zero-order valence-corrected chi connectivity index (χ0v) is 15.6. The normalized spacial score (nSPS) is 20.0. The molecule has 27 heavy (non-hydrogen) atoms. The molecule has 1 aliphatic carbocycles. The highest BCUT2D eigenvalue weighted by molar-refractivity contribution is 6.01. The number of anilines is 2. The van der Waals surface area contributed by atoms with Gasteiger partial charge in [0.05, 0.1) is 17.6 Å². The maximum absolute atomic E-state index is 12.5. The van der Waals surface area contributed by atoms with Crippen LogP contribution in [0.5, 0.6) is 0 Å². The van der Waals surface area contributed by atoms with Gasteiger partial charge in [-0.05, 0) is 39.5 Å². The Morgan fingerprint density at radius 3 is 2.44 bits per heavy atom. The van der Waals surface area contributed by atoms with Crippen molar-refractivity contribution in [3.05, 3.63) is 18.0 Å². The Morgan fingerprint density at radius 1 is 1.22 bits per heavy atom. The van der Waals surface area contributed by atoms with Crippen LogP contribution in [0.1, 0.15) is 56.3 Å². The molecular weight excluding hydrogens is 350 g/mol. The lowest BCUT2D eigenvalue weighted by Crippen LogP contribution is -2.49. The van der Waals surface area contributed by atoms with Crippen molar-refractivity contribution in [2.24, 2.45) is 11.7 Å². The second-order valence-corrected chi connectivity index (χ2v) is 7.66. The minimum atomic E-state index is -1.23. The highest BCUT2D eigenvalue weighted by Gasteiger charge is 2.30. The van der Waals surface area contributed by atoms with Gasteiger partial charge in [0.15, 0.2) is 0 Å². The molecule has 1 saturated carbocycles. The fourth-order valence-corrected chi connectivity index (χ4v) is 3.20. The number of amides is 2.